The van der Waals surface area contributed by atoms with Gasteiger partial charge >= 0.3 is 0 Å². The first kappa shape index (κ1) is 19.8. The fourth-order valence-electron chi connectivity index (χ4n) is 3.67. The molecule has 0 unspecified atom stereocenters. The van der Waals surface area contributed by atoms with Crippen LogP contribution in [-0.4, -0.2) is 27.7 Å². The lowest BCUT2D eigenvalue weighted by molar-refractivity contribution is -0.0312. The van der Waals surface area contributed by atoms with Gasteiger partial charge in [-0.15, -0.1) is 0 Å². The standard InChI is InChI=1S/C24H23ClN4O2/c1-29-22-11-17(10-18-14-30-15-18)4-8-21(22)28-24(29)27-12-16-2-5-19(6-3-16)31-20-7-9-23(25)26-13-20/h2-9,11,13,18H,10,12,14-15H2,1H3,(H,27,28). The van der Waals surface area contributed by atoms with Crippen molar-refractivity contribution in [3.05, 3.63) is 77.1 Å². The lowest BCUT2D eigenvalue weighted by Crippen LogP contribution is -2.29. The second-order valence-corrected chi connectivity index (χ2v) is 8.23. The number of aromatic nitrogens is 3. The van der Waals surface area contributed by atoms with Gasteiger partial charge in [-0.3, -0.25) is 0 Å². The summed E-state index contributed by atoms with van der Waals surface area (Å²) in [4.78, 5) is 8.77. The summed E-state index contributed by atoms with van der Waals surface area (Å²) in [5.74, 6) is 2.90. The minimum atomic E-state index is 0.444. The smallest absolute Gasteiger partial charge is 0.203 e. The van der Waals surface area contributed by atoms with Crippen LogP contribution in [0.1, 0.15) is 11.1 Å². The molecule has 4 aromatic rings. The van der Waals surface area contributed by atoms with Crippen molar-refractivity contribution in [2.45, 2.75) is 13.0 Å². The van der Waals surface area contributed by atoms with Gasteiger partial charge in [0.2, 0.25) is 5.95 Å². The van der Waals surface area contributed by atoms with Crippen molar-refractivity contribution in [3.63, 3.8) is 0 Å². The number of fused-ring (bicyclic) bond motifs is 1. The van der Waals surface area contributed by atoms with Gasteiger partial charge in [0, 0.05) is 19.5 Å². The van der Waals surface area contributed by atoms with Crippen LogP contribution in [0.5, 0.6) is 11.5 Å². The van der Waals surface area contributed by atoms with Crippen molar-refractivity contribution in [1.82, 2.24) is 14.5 Å². The highest BCUT2D eigenvalue weighted by atomic mass is 35.5. The number of nitrogens with one attached hydrogen (secondary N) is 1. The predicted octanol–water partition coefficient (Wildman–Crippen LogP) is 5.22. The number of hydrogen-bond donors (Lipinski definition) is 1. The molecule has 7 heteroatoms. The molecule has 31 heavy (non-hydrogen) atoms. The number of aryl methyl sites for hydroxylation is 1. The lowest BCUT2D eigenvalue weighted by atomic mass is 9.98. The van der Waals surface area contributed by atoms with Crippen LogP contribution in [0.25, 0.3) is 11.0 Å². The summed E-state index contributed by atoms with van der Waals surface area (Å²) >= 11 is 5.81. The zero-order chi connectivity index (χ0) is 21.2. The Labute approximate surface area is 185 Å². The maximum atomic E-state index is 5.81. The van der Waals surface area contributed by atoms with Crippen LogP contribution in [0.3, 0.4) is 0 Å². The van der Waals surface area contributed by atoms with Gasteiger partial charge in [0.15, 0.2) is 0 Å². The molecule has 6 nitrogen and oxygen atoms in total. The van der Waals surface area contributed by atoms with Crippen molar-refractivity contribution in [3.8, 4) is 11.5 Å². The molecular formula is C24H23ClN4O2. The highest BCUT2D eigenvalue weighted by Crippen LogP contribution is 2.25. The molecule has 1 fully saturated rings. The number of ether oxygens (including phenoxy) is 2. The summed E-state index contributed by atoms with van der Waals surface area (Å²) in [7, 11) is 2.05. The van der Waals surface area contributed by atoms with Gasteiger partial charge in [-0.2, -0.15) is 0 Å². The predicted molar refractivity (Wildman–Crippen MR) is 122 cm³/mol. The molecule has 0 atom stereocenters. The van der Waals surface area contributed by atoms with Crippen LogP contribution in [0.15, 0.2) is 60.8 Å². The van der Waals surface area contributed by atoms with Gasteiger partial charge in [-0.1, -0.05) is 29.8 Å². The van der Waals surface area contributed by atoms with Crippen LogP contribution in [0.4, 0.5) is 5.95 Å². The van der Waals surface area contributed by atoms with E-state index >= 15 is 0 Å². The molecular weight excluding hydrogens is 412 g/mol. The number of anilines is 1. The number of nitrogens with zero attached hydrogens (tertiary/aromatic N) is 3. The van der Waals surface area contributed by atoms with Gasteiger partial charge in [-0.05, 0) is 53.9 Å². The van der Waals surface area contributed by atoms with Gasteiger partial charge in [0.1, 0.15) is 16.7 Å². The van der Waals surface area contributed by atoms with Crippen LogP contribution in [0.2, 0.25) is 5.15 Å². The van der Waals surface area contributed by atoms with E-state index in [-0.39, 0.29) is 0 Å². The Bertz CT molecular complexity index is 1180. The first-order chi connectivity index (χ1) is 15.1. The van der Waals surface area contributed by atoms with E-state index in [4.69, 9.17) is 26.1 Å². The normalized spacial score (nSPS) is 13.9. The third-order valence-corrected chi connectivity index (χ3v) is 5.71. The Morgan fingerprint density at radius 2 is 1.84 bits per heavy atom. The fourth-order valence-corrected chi connectivity index (χ4v) is 3.78. The Balaban J connectivity index is 1.23. The highest BCUT2D eigenvalue weighted by Gasteiger charge is 2.19. The first-order valence-corrected chi connectivity index (χ1v) is 10.7. The molecule has 158 valence electrons. The van der Waals surface area contributed by atoms with E-state index in [9.17, 15) is 0 Å². The first-order valence-electron chi connectivity index (χ1n) is 10.3. The van der Waals surface area contributed by atoms with Crippen molar-refractivity contribution in [2.75, 3.05) is 18.5 Å². The highest BCUT2D eigenvalue weighted by molar-refractivity contribution is 6.29. The number of halogens is 1. The van der Waals surface area contributed by atoms with E-state index in [1.165, 1.54) is 5.56 Å². The quantitative estimate of drug-likeness (QED) is 0.404. The average Bonchev–Trinajstić information content (AvgIpc) is 3.07. The van der Waals surface area contributed by atoms with E-state index < -0.39 is 0 Å². The maximum absolute atomic E-state index is 5.81. The number of pyridine rings is 1. The summed E-state index contributed by atoms with van der Waals surface area (Å²) in [6, 6.07) is 18.0. The molecule has 0 bridgehead atoms. The van der Waals surface area contributed by atoms with E-state index in [2.05, 4.69) is 33.1 Å². The van der Waals surface area contributed by atoms with E-state index in [0.29, 0.717) is 23.4 Å². The molecule has 3 heterocycles. The van der Waals surface area contributed by atoms with Crippen molar-refractivity contribution in [1.29, 1.82) is 0 Å². The van der Waals surface area contributed by atoms with Crippen molar-refractivity contribution in [2.24, 2.45) is 13.0 Å². The molecule has 2 aromatic heterocycles. The molecule has 1 N–H and O–H groups in total. The molecule has 1 aliphatic heterocycles. The SMILES string of the molecule is Cn1c(NCc2ccc(Oc3ccc(Cl)nc3)cc2)nc2ccc(CC3COC3)cc21. The van der Waals surface area contributed by atoms with E-state index in [1.54, 1.807) is 18.3 Å². The summed E-state index contributed by atoms with van der Waals surface area (Å²) in [5, 5.41) is 3.89. The zero-order valence-electron chi connectivity index (χ0n) is 17.2. The van der Waals surface area contributed by atoms with Crippen molar-refractivity contribution >= 4 is 28.6 Å². The van der Waals surface area contributed by atoms with Crippen molar-refractivity contribution < 1.29 is 9.47 Å². The minimum absolute atomic E-state index is 0.444. The molecule has 1 saturated heterocycles. The Morgan fingerprint density at radius 3 is 2.55 bits per heavy atom. The Morgan fingerprint density at radius 1 is 1.06 bits per heavy atom. The third kappa shape index (κ3) is 4.50. The van der Waals surface area contributed by atoms with Gasteiger partial charge in [0.05, 0.1) is 30.4 Å². The number of hydrogen-bond acceptors (Lipinski definition) is 5. The third-order valence-electron chi connectivity index (χ3n) is 5.49. The zero-order valence-corrected chi connectivity index (χ0v) is 18.0. The largest absolute Gasteiger partial charge is 0.456 e. The second kappa shape index (κ2) is 8.57. The van der Waals surface area contributed by atoms with Crippen LogP contribution in [-0.2, 0) is 24.8 Å². The van der Waals surface area contributed by atoms with Crippen LogP contribution >= 0.6 is 11.6 Å². The van der Waals surface area contributed by atoms with E-state index in [0.717, 1.165) is 47.9 Å². The van der Waals surface area contributed by atoms with Gasteiger partial charge < -0.3 is 19.4 Å². The summed E-state index contributed by atoms with van der Waals surface area (Å²) < 4.78 is 13.2. The Hall–Kier alpha value is -3.09. The minimum Gasteiger partial charge on any atom is -0.456 e. The summed E-state index contributed by atoms with van der Waals surface area (Å²) in [6.45, 7) is 2.42. The topological polar surface area (TPSA) is 61.2 Å². The summed E-state index contributed by atoms with van der Waals surface area (Å²) in [6.07, 6.45) is 2.67. The molecule has 5 rings (SSSR count). The molecule has 0 saturated carbocycles. The molecule has 2 aromatic carbocycles. The van der Waals surface area contributed by atoms with E-state index in [1.807, 2.05) is 31.3 Å². The lowest BCUT2D eigenvalue weighted by Gasteiger charge is -2.25. The molecule has 0 radical (unpaired) electrons. The molecule has 0 spiro atoms. The van der Waals surface area contributed by atoms with Gasteiger partial charge in [0.25, 0.3) is 0 Å². The molecule has 0 aliphatic carbocycles. The fraction of sp³-hybridized carbons (Fsp3) is 0.250. The number of benzene rings is 2. The van der Waals surface area contributed by atoms with Crippen LogP contribution in [0, 0.1) is 5.92 Å². The molecule has 0 amide bonds. The summed E-state index contributed by atoms with van der Waals surface area (Å²) in [5.41, 5.74) is 4.61. The monoisotopic (exact) mass is 434 g/mol. The second-order valence-electron chi connectivity index (χ2n) is 7.84. The Kier molecular flexibility index (Phi) is 5.49. The molecule has 1 aliphatic rings. The van der Waals surface area contributed by atoms with Gasteiger partial charge in [-0.25, -0.2) is 9.97 Å². The number of rotatable bonds is 7. The number of imidazole rings is 1. The average molecular weight is 435 g/mol. The maximum Gasteiger partial charge on any atom is 0.203 e. The van der Waals surface area contributed by atoms with Crippen LogP contribution < -0.4 is 10.1 Å².